The Kier molecular flexibility index (Phi) is 5.02. The summed E-state index contributed by atoms with van der Waals surface area (Å²) in [5.41, 5.74) is 0.995. The van der Waals surface area contributed by atoms with E-state index in [0.717, 1.165) is 41.2 Å². The van der Waals surface area contributed by atoms with Gasteiger partial charge in [-0.2, -0.15) is 0 Å². The van der Waals surface area contributed by atoms with E-state index in [-0.39, 0.29) is 18.6 Å². The maximum Gasteiger partial charge on any atom is 0.248 e. The van der Waals surface area contributed by atoms with E-state index in [1.54, 1.807) is 23.3 Å². The highest BCUT2D eigenvalue weighted by molar-refractivity contribution is 7.18. The molecule has 0 radical (unpaired) electrons. The predicted molar refractivity (Wildman–Crippen MR) is 87.9 cm³/mol. The molecule has 1 aliphatic rings. The van der Waals surface area contributed by atoms with Crippen molar-refractivity contribution < 1.29 is 9.53 Å². The molecule has 0 aliphatic carbocycles. The maximum absolute atomic E-state index is 12.2. The van der Waals surface area contributed by atoms with Crippen LogP contribution in [0.1, 0.15) is 17.8 Å². The Labute approximate surface area is 134 Å². The average molecular weight is 319 g/mol. The van der Waals surface area contributed by atoms with E-state index < -0.39 is 0 Å². The number of para-hydroxylation sites is 1. The first-order valence-electron chi connectivity index (χ1n) is 7.63. The molecule has 1 fully saturated rings. The summed E-state index contributed by atoms with van der Waals surface area (Å²) in [6, 6.07) is 8.04. The second-order valence-electron chi connectivity index (χ2n) is 5.59. The van der Waals surface area contributed by atoms with Crippen molar-refractivity contribution >= 4 is 27.5 Å². The molecular weight excluding hydrogens is 298 g/mol. The quantitative estimate of drug-likeness (QED) is 0.916. The third-order valence-electron chi connectivity index (χ3n) is 3.87. The molecule has 1 saturated heterocycles. The third kappa shape index (κ3) is 3.82. The Morgan fingerprint density at radius 3 is 2.95 bits per heavy atom. The number of amides is 1. The van der Waals surface area contributed by atoms with Gasteiger partial charge in [-0.25, -0.2) is 4.98 Å². The summed E-state index contributed by atoms with van der Waals surface area (Å²) in [5.74, 6) is 0.0118. The van der Waals surface area contributed by atoms with Crippen LogP contribution in [0.5, 0.6) is 0 Å². The fourth-order valence-electron chi connectivity index (χ4n) is 2.54. The van der Waals surface area contributed by atoms with Gasteiger partial charge in [-0.05, 0) is 38.1 Å². The van der Waals surface area contributed by atoms with Crippen LogP contribution in [0.15, 0.2) is 24.3 Å². The van der Waals surface area contributed by atoms with E-state index >= 15 is 0 Å². The normalized spacial score (nSPS) is 16.0. The number of aromatic nitrogens is 1. The standard InChI is InChI=1S/C16H21N3O2S/c1-19(16(20)11-21-12-6-8-17-9-7-12)10-15-18-13-4-2-3-5-14(13)22-15/h2-5,12,17H,6-11H2,1H3. The molecule has 0 unspecified atom stereocenters. The molecule has 22 heavy (non-hydrogen) atoms. The smallest absolute Gasteiger partial charge is 0.248 e. The highest BCUT2D eigenvalue weighted by Gasteiger charge is 2.17. The summed E-state index contributed by atoms with van der Waals surface area (Å²) in [6.07, 6.45) is 2.17. The van der Waals surface area contributed by atoms with Gasteiger partial charge in [-0.3, -0.25) is 4.79 Å². The highest BCUT2D eigenvalue weighted by Crippen LogP contribution is 2.22. The summed E-state index contributed by atoms with van der Waals surface area (Å²) in [4.78, 5) is 18.4. The van der Waals surface area contributed by atoms with Crippen molar-refractivity contribution in [3.63, 3.8) is 0 Å². The summed E-state index contributed by atoms with van der Waals surface area (Å²) < 4.78 is 6.87. The van der Waals surface area contributed by atoms with Crippen LogP contribution in [0.4, 0.5) is 0 Å². The molecule has 1 amide bonds. The van der Waals surface area contributed by atoms with E-state index in [0.29, 0.717) is 6.54 Å². The minimum Gasteiger partial charge on any atom is -0.368 e. The number of likely N-dealkylation sites (N-methyl/N-ethyl adjacent to an activating group) is 1. The molecule has 0 spiro atoms. The van der Waals surface area contributed by atoms with Crippen LogP contribution in [0.25, 0.3) is 10.2 Å². The van der Waals surface area contributed by atoms with Crippen molar-refractivity contribution in [1.82, 2.24) is 15.2 Å². The Balaban J connectivity index is 1.51. The lowest BCUT2D eigenvalue weighted by Crippen LogP contribution is -2.36. The Bertz CT molecular complexity index is 604. The number of hydrogen-bond acceptors (Lipinski definition) is 5. The summed E-state index contributed by atoms with van der Waals surface area (Å²) in [6.45, 7) is 2.64. The van der Waals surface area contributed by atoms with Gasteiger partial charge in [0.1, 0.15) is 11.6 Å². The number of thiazole rings is 1. The largest absolute Gasteiger partial charge is 0.368 e. The van der Waals surface area contributed by atoms with Crippen molar-refractivity contribution in [1.29, 1.82) is 0 Å². The van der Waals surface area contributed by atoms with E-state index in [9.17, 15) is 4.79 Å². The lowest BCUT2D eigenvalue weighted by Gasteiger charge is -2.24. The summed E-state index contributed by atoms with van der Waals surface area (Å²) in [5, 5.41) is 4.25. The highest BCUT2D eigenvalue weighted by atomic mass is 32.1. The topological polar surface area (TPSA) is 54.5 Å². The van der Waals surface area contributed by atoms with Gasteiger partial charge < -0.3 is 15.0 Å². The lowest BCUT2D eigenvalue weighted by molar-refractivity contribution is -0.137. The van der Waals surface area contributed by atoms with Crippen molar-refractivity contribution in [3.05, 3.63) is 29.3 Å². The van der Waals surface area contributed by atoms with Gasteiger partial charge in [0, 0.05) is 7.05 Å². The van der Waals surface area contributed by atoms with Gasteiger partial charge in [0.05, 0.1) is 22.9 Å². The van der Waals surface area contributed by atoms with Crippen LogP contribution in [-0.4, -0.2) is 48.6 Å². The number of hydrogen-bond donors (Lipinski definition) is 1. The molecule has 118 valence electrons. The fourth-order valence-corrected chi connectivity index (χ4v) is 3.56. The zero-order chi connectivity index (χ0) is 15.4. The first-order valence-corrected chi connectivity index (χ1v) is 8.45. The van der Waals surface area contributed by atoms with Crippen LogP contribution < -0.4 is 5.32 Å². The lowest BCUT2D eigenvalue weighted by atomic mass is 10.1. The number of benzene rings is 1. The number of rotatable bonds is 5. The van der Waals surface area contributed by atoms with Crippen LogP contribution >= 0.6 is 11.3 Å². The molecule has 0 atom stereocenters. The zero-order valence-electron chi connectivity index (χ0n) is 12.7. The minimum absolute atomic E-state index is 0.0118. The number of ether oxygens (including phenoxy) is 1. The second kappa shape index (κ2) is 7.17. The van der Waals surface area contributed by atoms with Gasteiger partial charge in [-0.15, -0.1) is 11.3 Å². The maximum atomic E-state index is 12.2. The van der Waals surface area contributed by atoms with Gasteiger partial charge in [0.2, 0.25) is 5.91 Å². The van der Waals surface area contributed by atoms with Crippen molar-refractivity contribution in [2.24, 2.45) is 0 Å². The van der Waals surface area contributed by atoms with Gasteiger partial charge in [0.15, 0.2) is 0 Å². The third-order valence-corrected chi connectivity index (χ3v) is 4.89. The molecule has 0 saturated carbocycles. The fraction of sp³-hybridized carbons (Fsp3) is 0.500. The predicted octanol–water partition coefficient (Wildman–Crippen LogP) is 2.02. The summed E-state index contributed by atoms with van der Waals surface area (Å²) in [7, 11) is 1.81. The number of fused-ring (bicyclic) bond motifs is 1. The van der Waals surface area contributed by atoms with E-state index in [2.05, 4.69) is 16.4 Å². The Hall–Kier alpha value is -1.50. The molecule has 3 rings (SSSR count). The molecule has 2 aromatic rings. The zero-order valence-corrected chi connectivity index (χ0v) is 13.6. The number of carbonyl (C=O) groups is 1. The molecule has 1 aromatic heterocycles. The van der Waals surface area contributed by atoms with Crippen molar-refractivity contribution in [3.8, 4) is 0 Å². The monoisotopic (exact) mass is 319 g/mol. The number of piperidine rings is 1. The van der Waals surface area contributed by atoms with Crippen LogP contribution in [-0.2, 0) is 16.1 Å². The molecule has 1 aliphatic heterocycles. The van der Waals surface area contributed by atoms with E-state index in [1.807, 2.05) is 18.2 Å². The average Bonchev–Trinajstić information content (AvgIpc) is 2.95. The Morgan fingerprint density at radius 2 is 2.18 bits per heavy atom. The summed E-state index contributed by atoms with van der Waals surface area (Å²) >= 11 is 1.64. The Morgan fingerprint density at radius 1 is 1.41 bits per heavy atom. The number of nitrogens with zero attached hydrogens (tertiary/aromatic N) is 2. The molecule has 0 bridgehead atoms. The van der Waals surface area contributed by atoms with Crippen LogP contribution in [0.2, 0.25) is 0 Å². The molecule has 1 aromatic carbocycles. The SMILES string of the molecule is CN(Cc1nc2ccccc2s1)C(=O)COC1CCNCC1. The van der Waals surface area contributed by atoms with Gasteiger partial charge >= 0.3 is 0 Å². The minimum atomic E-state index is 0.0118. The van der Waals surface area contributed by atoms with Crippen molar-refractivity contribution in [2.75, 3.05) is 26.7 Å². The molecule has 2 heterocycles. The number of carbonyl (C=O) groups excluding carboxylic acids is 1. The first-order chi connectivity index (χ1) is 10.7. The van der Waals surface area contributed by atoms with Gasteiger partial charge in [-0.1, -0.05) is 12.1 Å². The van der Waals surface area contributed by atoms with E-state index in [1.165, 1.54) is 0 Å². The first kappa shape index (κ1) is 15.4. The van der Waals surface area contributed by atoms with E-state index in [4.69, 9.17) is 4.74 Å². The molecule has 1 N–H and O–H groups in total. The molecule has 5 nitrogen and oxygen atoms in total. The van der Waals surface area contributed by atoms with Crippen molar-refractivity contribution in [2.45, 2.75) is 25.5 Å². The molecule has 6 heteroatoms. The number of nitrogens with one attached hydrogen (secondary N) is 1. The molecular formula is C16H21N3O2S. The van der Waals surface area contributed by atoms with Crippen LogP contribution in [0.3, 0.4) is 0 Å². The second-order valence-corrected chi connectivity index (χ2v) is 6.70. The van der Waals surface area contributed by atoms with Gasteiger partial charge in [0.25, 0.3) is 0 Å². The van der Waals surface area contributed by atoms with Crippen LogP contribution in [0, 0.1) is 0 Å².